The van der Waals surface area contributed by atoms with Gasteiger partial charge in [-0.25, -0.2) is 4.98 Å². The van der Waals surface area contributed by atoms with E-state index in [4.69, 9.17) is 21.3 Å². The second kappa shape index (κ2) is 9.09. The number of halogens is 1. The average Bonchev–Trinajstić information content (AvgIpc) is 3.36. The van der Waals surface area contributed by atoms with Gasteiger partial charge in [-0.15, -0.1) is 0 Å². The van der Waals surface area contributed by atoms with Gasteiger partial charge in [0.2, 0.25) is 5.91 Å². The van der Waals surface area contributed by atoms with E-state index in [2.05, 4.69) is 24.5 Å². The monoisotopic (exact) mass is 425 g/mol. The summed E-state index contributed by atoms with van der Waals surface area (Å²) in [6.45, 7) is 5.60. The number of hydrogen-bond donors (Lipinski definition) is 0. The van der Waals surface area contributed by atoms with E-state index in [1.807, 2.05) is 41.3 Å². The molecule has 0 N–H and O–H groups in total. The molecule has 2 aromatic carbocycles. The molecule has 0 aliphatic carbocycles. The first-order chi connectivity index (χ1) is 14.6. The van der Waals surface area contributed by atoms with Gasteiger partial charge in [-0.3, -0.25) is 4.79 Å². The number of likely N-dealkylation sites (tertiary alicyclic amines) is 1. The van der Waals surface area contributed by atoms with Crippen LogP contribution in [0.25, 0.3) is 11.0 Å². The number of ether oxygens (including phenoxy) is 1. The minimum absolute atomic E-state index is 0.0387. The Bertz CT molecular complexity index is 1030. The summed E-state index contributed by atoms with van der Waals surface area (Å²) in [5.41, 5.74) is 2.13. The largest absolute Gasteiger partial charge is 0.492 e. The first kappa shape index (κ1) is 20.7. The zero-order chi connectivity index (χ0) is 21.1. The predicted molar refractivity (Wildman–Crippen MR) is 120 cm³/mol. The van der Waals surface area contributed by atoms with Crippen molar-refractivity contribution in [3.63, 3.8) is 0 Å². The van der Waals surface area contributed by atoms with E-state index >= 15 is 0 Å². The molecule has 1 fully saturated rings. The fraction of sp³-hybridized carbons (Fsp3) is 0.417. The minimum atomic E-state index is 0.0387. The minimum Gasteiger partial charge on any atom is -0.492 e. The number of carbonyl (C=O) groups excluding carboxylic acids is 1. The van der Waals surface area contributed by atoms with Gasteiger partial charge < -0.3 is 14.2 Å². The second-order valence-electron chi connectivity index (χ2n) is 8.05. The molecule has 6 heteroatoms. The smallest absolute Gasteiger partial charge is 0.223 e. The number of benzene rings is 2. The van der Waals surface area contributed by atoms with Gasteiger partial charge in [0.15, 0.2) is 0 Å². The number of carbonyl (C=O) groups is 1. The summed E-state index contributed by atoms with van der Waals surface area (Å²) in [4.78, 5) is 19.9. The Morgan fingerprint density at radius 3 is 2.77 bits per heavy atom. The molecular weight excluding hydrogens is 398 g/mol. The van der Waals surface area contributed by atoms with E-state index in [9.17, 15) is 4.79 Å². The molecule has 1 amide bonds. The standard InChI is InChI=1S/C24H28ClN3O2/c1-17(2)28-20-11-5-4-10-19(20)26-24(28)21-12-7-15-27(21)23(29)14-8-16-30-22-13-6-3-9-18(22)25/h3-6,9-11,13,17,21H,7-8,12,14-16H2,1-2H3/t21-/m0/s1. The highest BCUT2D eigenvalue weighted by atomic mass is 35.5. The molecule has 0 bridgehead atoms. The van der Waals surface area contributed by atoms with Crippen molar-refractivity contribution in [2.75, 3.05) is 13.2 Å². The van der Waals surface area contributed by atoms with E-state index in [1.54, 1.807) is 6.07 Å². The molecule has 3 aromatic rings. The van der Waals surface area contributed by atoms with Crippen molar-refractivity contribution in [2.24, 2.45) is 0 Å². The predicted octanol–water partition coefficient (Wildman–Crippen LogP) is 5.79. The third-order valence-corrected chi connectivity index (χ3v) is 5.95. The fourth-order valence-electron chi connectivity index (χ4n) is 4.29. The lowest BCUT2D eigenvalue weighted by Gasteiger charge is -2.26. The van der Waals surface area contributed by atoms with Crippen LogP contribution in [0.4, 0.5) is 0 Å². The van der Waals surface area contributed by atoms with Crippen molar-refractivity contribution < 1.29 is 9.53 Å². The Kier molecular flexibility index (Phi) is 6.28. The van der Waals surface area contributed by atoms with Crippen LogP contribution in [0.5, 0.6) is 5.75 Å². The van der Waals surface area contributed by atoms with Gasteiger partial charge >= 0.3 is 0 Å². The van der Waals surface area contributed by atoms with Crippen LogP contribution < -0.4 is 4.74 Å². The summed E-state index contributed by atoms with van der Waals surface area (Å²) in [5.74, 6) is 1.84. The number of imidazole rings is 1. The molecule has 30 heavy (non-hydrogen) atoms. The summed E-state index contributed by atoms with van der Waals surface area (Å²) in [6.07, 6.45) is 3.09. The molecule has 0 saturated carbocycles. The number of fused-ring (bicyclic) bond motifs is 1. The summed E-state index contributed by atoms with van der Waals surface area (Å²) in [5, 5.41) is 0.594. The van der Waals surface area contributed by atoms with Crippen molar-refractivity contribution >= 4 is 28.5 Å². The van der Waals surface area contributed by atoms with Crippen LogP contribution in [-0.2, 0) is 4.79 Å². The highest BCUT2D eigenvalue weighted by Gasteiger charge is 2.33. The lowest BCUT2D eigenvalue weighted by Crippen LogP contribution is -2.32. The van der Waals surface area contributed by atoms with Crippen molar-refractivity contribution in [1.82, 2.24) is 14.5 Å². The van der Waals surface area contributed by atoms with Crippen LogP contribution >= 0.6 is 11.6 Å². The molecule has 4 rings (SSSR count). The molecule has 1 aliphatic heterocycles. The van der Waals surface area contributed by atoms with Gasteiger partial charge in [0, 0.05) is 19.0 Å². The van der Waals surface area contributed by atoms with E-state index < -0.39 is 0 Å². The molecule has 0 spiro atoms. The molecule has 1 saturated heterocycles. The summed E-state index contributed by atoms with van der Waals surface area (Å²) >= 11 is 6.12. The molecule has 1 aromatic heterocycles. The quantitative estimate of drug-likeness (QED) is 0.450. The molecule has 5 nitrogen and oxygen atoms in total. The first-order valence-electron chi connectivity index (χ1n) is 10.7. The normalized spacial score (nSPS) is 16.5. The highest BCUT2D eigenvalue weighted by molar-refractivity contribution is 6.32. The van der Waals surface area contributed by atoms with Crippen LogP contribution in [0, 0.1) is 0 Å². The van der Waals surface area contributed by atoms with Crippen LogP contribution in [0.15, 0.2) is 48.5 Å². The molecule has 158 valence electrons. The van der Waals surface area contributed by atoms with Gasteiger partial charge in [0.1, 0.15) is 11.6 Å². The maximum atomic E-state index is 13.0. The van der Waals surface area contributed by atoms with Crippen LogP contribution in [-0.4, -0.2) is 33.5 Å². The van der Waals surface area contributed by atoms with Crippen molar-refractivity contribution in [2.45, 2.75) is 51.6 Å². The fourth-order valence-corrected chi connectivity index (χ4v) is 4.48. The van der Waals surface area contributed by atoms with Gasteiger partial charge in [-0.2, -0.15) is 0 Å². The summed E-state index contributed by atoms with van der Waals surface area (Å²) in [6, 6.07) is 16.0. The van der Waals surface area contributed by atoms with E-state index in [1.165, 1.54) is 0 Å². The van der Waals surface area contributed by atoms with Gasteiger partial charge in [-0.1, -0.05) is 35.9 Å². The molecule has 0 unspecified atom stereocenters. The lowest BCUT2D eigenvalue weighted by molar-refractivity contribution is -0.132. The SMILES string of the molecule is CC(C)n1c([C@@H]2CCCN2C(=O)CCCOc2ccccc2Cl)nc2ccccc21. The van der Waals surface area contributed by atoms with Crippen LogP contribution in [0.3, 0.4) is 0 Å². The lowest BCUT2D eigenvalue weighted by atomic mass is 10.2. The Balaban J connectivity index is 1.43. The molecule has 1 aliphatic rings. The number of rotatable bonds is 7. The van der Waals surface area contributed by atoms with Crippen molar-refractivity contribution in [3.8, 4) is 5.75 Å². The number of nitrogens with zero attached hydrogens (tertiary/aromatic N) is 3. The molecule has 2 heterocycles. The number of hydrogen-bond acceptors (Lipinski definition) is 3. The van der Waals surface area contributed by atoms with Crippen LogP contribution in [0.1, 0.15) is 57.4 Å². The zero-order valence-corrected chi connectivity index (χ0v) is 18.3. The molecule has 1 atom stereocenters. The molecule has 0 radical (unpaired) electrons. The summed E-state index contributed by atoms with van der Waals surface area (Å²) in [7, 11) is 0. The van der Waals surface area contributed by atoms with E-state index in [-0.39, 0.29) is 18.0 Å². The number of aromatic nitrogens is 2. The topological polar surface area (TPSA) is 47.4 Å². The maximum absolute atomic E-state index is 13.0. The summed E-state index contributed by atoms with van der Waals surface area (Å²) < 4.78 is 8.02. The van der Waals surface area contributed by atoms with E-state index in [0.717, 1.165) is 36.2 Å². The Morgan fingerprint density at radius 1 is 1.20 bits per heavy atom. The number of amides is 1. The second-order valence-corrected chi connectivity index (χ2v) is 8.46. The Morgan fingerprint density at radius 2 is 1.97 bits per heavy atom. The Hall–Kier alpha value is -2.53. The van der Waals surface area contributed by atoms with Crippen LogP contribution in [0.2, 0.25) is 5.02 Å². The third kappa shape index (κ3) is 4.17. The maximum Gasteiger partial charge on any atom is 0.223 e. The van der Waals surface area contributed by atoms with Gasteiger partial charge in [0.25, 0.3) is 0 Å². The highest BCUT2D eigenvalue weighted by Crippen LogP contribution is 2.35. The van der Waals surface area contributed by atoms with Crippen molar-refractivity contribution in [3.05, 3.63) is 59.4 Å². The third-order valence-electron chi connectivity index (χ3n) is 5.64. The van der Waals surface area contributed by atoms with Gasteiger partial charge in [-0.05, 0) is 57.4 Å². The first-order valence-corrected chi connectivity index (χ1v) is 11.1. The Labute approximate surface area is 182 Å². The average molecular weight is 426 g/mol. The van der Waals surface area contributed by atoms with E-state index in [0.29, 0.717) is 30.2 Å². The van der Waals surface area contributed by atoms with Crippen molar-refractivity contribution in [1.29, 1.82) is 0 Å². The number of para-hydroxylation sites is 3. The van der Waals surface area contributed by atoms with Gasteiger partial charge in [0.05, 0.1) is 28.7 Å². The zero-order valence-electron chi connectivity index (χ0n) is 17.6. The molecular formula is C24H28ClN3O2.